The van der Waals surface area contributed by atoms with Crippen LogP contribution in [0, 0.1) is 0 Å². The van der Waals surface area contributed by atoms with E-state index in [1.54, 1.807) is 12.1 Å². The Kier molecular flexibility index (Phi) is 3.87. The summed E-state index contributed by atoms with van der Waals surface area (Å²) in [5, 5.41) is 2.99. The van der Waals surface area contributed by atoms with E-state index in [0.717, 1.165) is 0 Å². The number of esters is 1. The second kappa shape index (κ2) is 5.18. The molecule has 5 nitrogen and oxygen atoms in total. The second-order valence-corrected chi connectivity index (χ2v) is 2.64. The molecule has 0 bridgehead atoms. The molecular formula is C9H13N3O2. The first-order valence-electron chi connectivity index (χ1n) is 4.26. The number of nitrogens with zero attached hydrogens (tertiary/aromatic N) is 1. The van der Waals surface area contributed by atoms with Gasteiger partial charge in [-0.25, -0.2) is 9.78 Å². The van der Waals surface area contributed by atoms with Crippen molar-refractivity contribution >= 4 is 11.8 Å². The molecule has 0 aliphatic rings. The van der Waals surface area contributed by atoms with Crippen LogP contribution in [-0.4, -0.2) is 31.2 Å². The summed E-state index contributed by atoms with van der Waals surface area (Å²) >= 11 is 0. The molecule has 14 heavy (non-hydrogen) atoms. The van der Waals surface area contributed by atoms with Gasteiger partial charge in [0.1, 0.15) is 5.82 Å². The van der Waals surface area contributed by atoms with E-state index in [9.17, 15) is 4.79 Å². The van der Waals surface area contributed by atoms with Gasteiger partial charge in [0.15, 0.2) is 0 Å². The highest BCUT2D eigenvalue weighted by molar-refractivity contribution is 5.89. The molecule has 1 aromatic heterocycles. The fraction of sp³-hybridized carbons (Fsp3) is 0.333. The van der Waals surface area contributed by atoms with Crippen LogP contribution in [0.25, 0.3) is 0 Å². The fourth-order valence-electron chi connectivity index (χ4n) is 0.937. The molecule has 1 aromatic rings. The average molecular weight is 195 g/mol. The number of pyridine rings is 1. The van der Waals surface area contributed by atoms with E-state index in [2.05, 4.69) is 15.0 Å². The van der Waals surface area contributed by atoms with E-state index in [-0.39, 0.29) is 5.97 Å². The Balaban J connectivity index is 2.63. The van der Waals surface area contributed by atoms with Crippen molar-refractivity contribution in [2.24, 2.45) is 5.73 Å². The van der Waals surface area contributed by atoms with Crippen molar-refractivity contribution in [1.29, 1.82) is 0 Å². The molecular weight excluding hydrogens is 182 g/mol. The van der Waals surface area contributed by atoms with Gasteiger partial charge < -0.3 is 15.8 Å². The van der Waals surface area contributed by atoms with Crippen LogP contribution < -0.4 is 11.1 Å². The lowest BCUT2D eigenvalue weighted by Gasteiger charge is -2.03. The van der Waals surface area contributed by atoms with E-state index < -0.39 is 0 Å². The first-order chi connectivity index (χ1) is 6.77. The molecule has 0 amide bonds. The third kappa shape index (κ3) is 2.70. The lowest BCUT2D eigenvalue weighted by atomic mass is 10.3. The fourth-order valence-corrected chi connectivity index (χ4v) is 0.937. The van der Waals surface area contributed by atoms with Gasteiger partial charge in [-0.2, -0.15) is 0 Å². The number of nitrogens with two attached hydrogens (primary N) is 1. The van der Waals surface area contributed by atoms with Crippen molar-refractivity contribution in [1.82, 2.24) is 4.98 Å². The van der Waals surface area contributed by atoms with Crippen molar-refractivity contribution in [2.45, 2.75) is 0 Å². The van der Waals surface area contributed by atoms with Gasteiger partial charge in [-0.1, -0.05) is 0 Å². The van der Waals surface area contributed by atoms with Crippen LogP contribution >= 0.6 is 0 Å². The van der Waals surface area contributed by atoms with Crippen LogP contribution in [0.15, 0.2) is 18.3 Å². The van der Waals surface area contributed by atoms with Crippen LogP contribution in [0.2, 0.25) is 0 Å². The molecule has 0 spiro atoms. The number of aromatic nitrogens is 1. The van der Waals surface area contributed by atoms with Crippen LogP contribution in [0.1, 0.15) is 10.4 Å². The summed E-state index contributed by atoms with van der Waals surface area (Å²) < 4.78 is 4.54. The van der Waals surface area contributed by atoms with Crippen LogP contribution in [0.4, 0.5) is 5.82 Å². The van der Waals surface area contributed by atoms with Crippen molar-refractivity contribution in [3.05, 3.63) is 23.9 Å². The first-order valence-corrected chi connectivity index (χ1v) is 4.26. The summed E-state index contributed by atoms with van der Waals surface area (Å²) in [4.78, 5) is 15.1. The van der Waals surface area contributed by atoms with E-state index in [1.165, 1.54) is 13.3 Å². The van der Waals surface area contributed by atoms with Crippen molar-refractivity contribution in [3.8, 4) is 0 Å². The molecule has 0 aliphatic heterocycles. The number of methoxy groups -OCH3 is 1. The number of hydrogen-bond acceptors (Lipinski definition) is 5. The van der Waals surface area contributed by atoms with Gasteiger partial charge in [0.25, 0.3) is 0 Å². The highest BCUT2D eigenvalue weighted by atomic mass is 16.5. The Morgan fingerprint density at radius 2 is 2.43 bits per heavy atom. The van der Waals surface area contributed by atoms with E-state index in [1.807, 2.05) is 0 Å². The number of carbonyl (C=O) groups is 1. The highest BCUT2D eigenvalue weighted by Gasteiger charge is 2.04. The Hall–Kier alpha value is -1.62. The predicted octanol–water partition coefficient (Wildman–Crippen LogP) is 0.239. The minimum atomic E-state index is -0.386. The zero-order valence-electron chi connectivity index (χ0n) is 7.99. The SMILES string of the molecule is COC(=O)c1ccc(NCCN)nc1. The number of nitrogens with one attached hydrogen (secondary N) is 1. The van der Waals surface area contributed by atoms with Gasteiger partial charge in [-0.05, 0) is 12.1 Å². The van der Waals surface area contributed by atoms with E-state index >= 15 is 0 Å². The lowest BCUT2D eigenvalue weighted by molar-refractivity contribution is 0.0600. The molecule has 0 fully saturated rings. The maximum absolute atomic E-state index is 11.0. The van der Waals surface area contributed by atoms with Gasteiger partial charge in [-0.3, -0.25) is 0 Å². The number of rotatable bonds is 4. The quantitative estimate of drug-likeness (QED) is 0.673. The predicted molar refractivity (Wildman–Crippen MR) is 53.1 cm³/mol. The minimum absolute atomic E-state index is 0.386. The summed E-state index contributed by atoms with van der Waals surface area (Å²) in [5.74, 6) is 0.311. The maximum atomic E-state index is 11.0. The normalized spacial score (nSPS) is 9.57. The van der Waals surface area contributed by atoms with Gasteiger partial charge in [0.05, 0.1) is 12.7 Å². The summed E-state index contributed by atoms with van der Waals surface area (Å²) in [7, 11) is 1.34. The zero-order valence-corrected chi connectivity index (χ0v) is 7.99. The average Bonchev–Trinajstić information content (AvgIpc) is 2.26. The smallest absolute Gasteiger partial charge is 0.339 e. The number of anilines is 1. The van der Waals surface area contributed by atoms with Crippen molar-refractivity contribution in [2.75, 3.05) is 25.5 Å². The number of hydrogen-bond donors (Lipinski definition) is 2. The third-order valence-corrected chi connectivity index (χ3v) is 1.64. The van der Waals surface area contributed by atoms with Gasteiger partial charge in [0, 0.05) is 19.3 Å². The third-order valence-electron chi connectivity index (χ3n) is 1.64. The molecule has 5 heteroatoms. The standard InChI is InChI=1S/C9H13N3O2/c1-14-9(13)7-2-3-8(12-6-7)11-5-4-10/h2-3,6H,4-5,10H2,1H3,(H,11,12). The second-order valence-electron chi connectivity index (χ2n) is 2.64. The molecule has 0 radical (unpaired) electrons. The topological polar surface area (TPSA) is 77.2 Å². The molecule has 1 heterocycles. The van der Waals surface area contributed by atoms with Crippen LogP contribution in [0.5, 0.6) is 0 Å². The van der Waals surface area contributed by atoms with Crippen LogP contribution in [0.3, 0.4) is 0 Å². The Morgan fingerprint density at radius 1 is 1.64 bits per heavy atom. The Labute approximate surface area is 82.3 Å². The maximum Gasteiger partial charge on any atom is 0.339 e. The molecule has 0 unspecified atom stereocenters. The first kappa shape index (κ1) is 10.5. The monoisotopic (exact) mass is 195 g/mol. The number of ether oxygens (including phenoxy) is 1. The van der Waals surface area contributed by atoms with Crippen molar-refractivity contribution < 1.29 is 9.53 Å². The summed E-state index contributed by atoms with van der Waals surface area (Å²) in [6.45, 7) is 1.20. The molecule has 76 valence electrons. The number of carbonyl (C=O) groups excluding carboxylic acids is 1. The molecule has 0 atom stereocenters. The minimum Gasteiger partial charge on any atom is -0.465 e. The van der Waals surface area contributed by atoms with Gasteiger partial charge >= 0.3 is 5.97 Å². The Bertz CT molecular complexity index is 297. The molecule has 0 aliphatic carbocycles. The molecule has 1 rings (SSSR count). The molecule has 3 N–H and O–H groups in total. The largest absolute Gasteiger partial charge is 0.465 e. The Morgan fingerprint density at radius 3 is 2.93 bits per heavy atom. The van der Waals surface area contributed by atoms with Gasteiger partial charge in [0.2, 0.25) is 0 Å². The molecule has 0 saturated heterocycles. The van der Waals surface area contributed by atoms with E-state index in [4.69, 9.17) is 5.73 Å². The van der Waals surface area contributed by atoms with E-state index in [0.29, 0.717) is 24.5 Å². The summed E-state index contributed by atoms with van der Waals surface area (Å²) in [6.07, 6.45) is 1.46. The summed E-state index contributed by atoms with van der Waals surface area (Å²) in [5.41, 5.74) is 5.75. The summed E-state index contributed by atoms with van der Waals surface area (Å²) in [6, 6.07) is 3.36. The molecule has 0 saturated carbocycles. The zero-order chi connectivity index (χ0) is 10.4. The lowest BCUT2D eigenvalue weighted by Crippen LogP contribution is -2.14. The van der Waals surface area contributed by atoms with Crippen LogP contribution in [-0.2, 0) is 4.74 Å². The van der Waals surface area contributed by atoms with Gasteiger partial charge in [-0.15, -0.1) is 0 Å². The molecule has 0 aromatic carbocycles. The van der Waals surface area contributed by atoms with Crippen molar-refractivity contribution in [3.63, 3.8) is 0 Å². The highest BCUT2D eigenvalue weighted by Crippen LogP contribution is 2.05.